The molecule has 3 rings (SSSR count). The normalized spacial score (nSPS) is 25.2. The van der Waals surface area contributed by atoms with Crippen molar-refractivity contribution in [3.8, 4) is 11.9 Å². The molecule has 114 valence electrons. The van der Waals surface area contributed by atoms with Gasteiger partial charge >= 0.3 is 5.97 Å². The summed E-state index contributed by atoms with van der Waals surface area (Å²) in [6.07, 6.45) is 2.45. The number of esters is 1. The first-order valence-corrected chi connectivity index (χ1v) is 6.92. The Balaban J connectivity index is 2.06. The van der Waals surface area contributed by atoms with Gasteiger partial charge in [-0.15, -0.1) is 0 Å². The fourth-order valence-electron chi connectivity index (χ4n) is 2.92. The Morgan fingerprint density at radius 1 is 1.64 bits per heavy atom. The van der Waals surface area contributed by atoms with Crippen LogP contribution in [0.3, 0.4) is 0 Å². The minimum atomic E-state index is -0.759. The molecule has 0 fully saturated rings. The van der Waals surface area contributed by atoms with Gasteiger partial charge < -0.3 is 14.4 Å². The molecule has 1 N–H and O–H groups in total. The lowest BCUT2D eigenvalue weighted by molar-refractivity contribution is -0.142. The average molecular weight is 300 g/mol. The van der Waals surface area contributed by atoms with Gasteiger partial charge in [-0.25, -0.2) is 4.99 Å². The lowest BCUT2D eigenvalue weighted by Crippen LogP contribution is -2.55. The van der Waals surface area contributed by atoms with Crippen molar-refractivity contribution in [2.24, 2.45) is 4.99 Å². The topological polar surface area (TPSA) is 87.0 Å². The van der Waals surface area contributed by atoms with Gasteiger partial charge in [0.15, 0.2) is 6.19 Å². The number of ether oxygens (including phenoxy) is 2. The summed E-state index contributed by atoms with van der Waals surface area (Å²) in [7, 11) is 1.34. The maximum Gasteiger partial charge on any atom is 0.325 e. The number of carbonyl (C=O) groups is 1. The lowest BCUT2D eigenvalue weighted by Gasteiger charge is -2.46. The van der Waals surface area contributed by atoms with Gasteiger partial charge in [0.2, 0.25) is 11.7 Å². The van der Waals surface area contributed by atoms with Crippen LogP contribution in [0.1, 0.15) is 24.9 Å². The summed E-state index contributed by atoms with van der Waals surface area (Å²) in [6.45, 7) is 1.88. The number of aliphatic imine (C=N–C) groups is 1. The summed E-state index contributed by atoms with van der Waals surface area (Å²) < 4.78 is 10.7. The van der Waals surface area contributed by atoms with E-state index in [1.54, 1.807) is 4.90 Å². The van der Waals surface area contributed by atoms with E-state index in [2.05, 4.69) is 10.3 Å². The Kier molecular flexibility index (Phi) is 3.37. The number of methoxy groups -OCH3 is 1. The molecule has 1 aromatic rings. The fraction of sp³-hybridized carbons (Fsp3) is 0.400. The highest BCUT2D eigenvalue weighted by Crippen LogP contribution is 2.45. The zero-order valence-electron chi connectivity index (χ0n) is 12.4. The molecule has 2 aliphatic rings. The zero-order chi connectivity index (χ0) is 15.7. The Hall–Kier alpha value is -2.75. The number of rotatable bonds is 2. The number of carbonyl (C=O) groups excluding carboxylic acids is 1. The van der Waals surface area contributed by atoms with E-state index in [4.69, 9.17) is 14.7 Å². The highest BCUT2D eigenvalue weighted by atomic mass is 16.5. The predicted octanol–water partition coefficient (Wildman–Crippen LogP) is 1.14. The molecule has 1 aromatic carbocycles. The number of nitrogens with one attached hydrogen (secondary N) is 1. The van der Waals surface area contributed by atoms with Crippen molar-refractivity contribution in [1.29, 1.82) is 5.26 Å². The van der Waals surface area contributed by atoms with Crippen LogP contribution in [-0.2, 0) is 9.53 Å². The number of hydrogen-bond donors (Lipinski definition) is 1. The third-order valence-corrected chi connectivity index (χ3v) is 3.87. The van der Waals surface area contributed by atoms with Gasteiger partial charge in [0.05, 0.1) is 13.2 Å². The van der Waals surface area contributed by atoms with Crippen LogP contribution in [0.2, 0.25) is 0 Å². The van der Waals surface area contributed by atoms with Crippen molar-refractivity contribution in [1.82, 2.24) is 10.2 Å². The second-order valence-electron chi connectivity index (χ2n) is 5.41. The molecule has 0 spiro atoms. The number of para-hydroxylation sites is 1. The standard InChI is InChI=1S/C15H16N4O3/c1-15-7-11(10-5-3-4-6-12(10)22-15)19(8-13(20)21-2)14(18-15)17-9-16/h3-6,11H,7-8H2,1-2H3,(H,17,18). The number of nitriles is 1. The van der Waals surface area contributed by atoms with E-state index in [1.165, 1.54) is 7.11 Å². The van der Waals surface area contributed by atoms with Gasteiger partial charge in [0.25, 0.3) is 0 Å². The summed E-state index contributed by atoms with van der Waals surface area (Å²) in [6, 6.07) is 7.55. The average Bonchev–Trinajstić information content (AvgIpc) is 2.50. The van der Waals surface area contributed by atoms with Crippen molar-refractivity contribution in [2.75, 3.05) is 13.7 Å². The molecule has 2 heterocycles. The van der Waals surface area contributed by atoms with Crippen LogP contribution in [0.25, 0.3) is 0 Å². The van der Waals surface area contributed by atoms with Crippen LogP contribution in [0.15, 0.2) is 29.3 Å². The highest BCUT2D eigenvalue weighted by molar-refractivity contribution is 5.87. The molecule has 0 aliphatic carbocycles. The third kappa shape index (κ3) is 2.33. The Morgan fingerprint density at radius 3 is 3.14 bits per heavy atom. The number of hydrogen-bond acceptors (Lipinski definition) is 7. The van der Waals surface area contributed by atoms with Crippen LogP contribution < -0.4 is 10.1 Å². The van der Waals surface area contributed by atoms with Crippen molar-refractivity contribution in [3.63, 3.8) is 0 Å². The van der Waals surface area contributed by atoms with Gasteiger partial charge in [-0.2, -0.15) is 5.26 Å². The van der Waals surface area contributed by atoms with Gasteiger partial charge in [0.1, 0.15) is 12.3 Å². The molecule has 2 aliphatic heterocycles. The Labute approximate surface area is 128 Å². The summed E-state index contributed by atoms with van der Waals surface area (Å²) >= 11 is 0. The molecular weight excluding hydrogens is 284 g/mol. The van der Waals surface area contributed by atoms with Crippen LogP contribution in [0.4, 0.5) is 0 Å². The third-order valence-electron chi connectivity index (χ3n) is 3.87. The number of guanidine groups is 1. The fourth-order valence-corrected chi connectivity index (χ4v) is 2.92. The first-order chi connectivity index (χ1) is 10.6. The first-order valence-electron chi connectivity index (χ1n) is 6.92. The van der Waals surface area contributed by atoms with Crippen LogP contribution in [0.5, 0.6) is 5.75 Å². The number of fused-ring (bicyclic) bond motifs is 4. The SMILES string of the molecule is COC(=O)CN1C(NC#N)=NC2(C)CC1c1ccccc1O2. The molecule has 0 radical (unpaired) electrons. The van der Waals surface area contributed by atoms with E-state index < -0.39 is 5.72 Å². The van der Waals surface area contributed by atoms with E-state index in [1.807, 2.05) is 37.4 Å². The minimum Gasteiger partial charge on any atom is -0.468 e. The minimum absolute atomic E-state index is 0.0130. The predicted molar refractivity (Wildman–Crippen MR) is 77.7 cm³/mol. The summed E-state index contributed by atoms with van der Waals surface area (Å²) in [5.74, 6) is 0.678. The molecule has 2 atom stereocenters. The quantitative estimate of drug-likeness (QED) is 0.501. The molecule has 22 heavy (non-hydrogen) atoms. The Bertz CT molecular complexity index is 682. The van der Waals surface area contributed by atoms with Crippen molar-refractivity contribution in [3.05, 3.63) is 29.8 Å². The molecule has 0 saturated heterocycles. The largest absolute Gasteiger partial charge is 0.468 e. The van der Waals surface area contributed by atoms with Gasteiger partial charge in [-0.1, -0.05) is 18.2 Å². The molecule has 0 amide bonds. The summed E-state index contributed by atoms with van der Waals surface area (Å²) in [5, 5.41) is 11.5. The lowest BCUT2D eigenvalue weighted by atomic mass is 9.91. The van der Waals surface area contributed by atoms with Gasteiger partial charge in [-0.3, -0.25) is 10.1 Å². The number of benzene rings is 1. The smallest absolute Gasteiger partial charge is 0.325 e. The van der Waals surface area contributed by atoms with E-state index in [9.17, 15) is 4.79 Å². The van der Waals surface area contributed by atoms with Crippen molar-refractivity contribution >= 4 is 11.9 Å². The van der Waals surface area contributed by atoms with Gasteiger partial charge in [0, 0.05) is 12.0 Å². The molecule has 0 aromatic heterocycles. The van der Waals surface area contributed by atoms with E-state index >= 15 is 0 Å². The van der Waals surface area contributed by atoms with E-state index in [0.29, 0.717) is 12.4 Å². The van der Waals surface area contributed by atoms with Crippen LogP contribution in [0, 0.1) is 11.5 Å². The molecule has 7 heteroatoms. The summed E-state index contributed by atoms with van der Waals surface area (Å²) in [5.41, 5.74) is 0.209. The first kappa shape index (κ1) is 14.2. The highest BCUT2D eigenvalue weighted by Gasteiger charge is 2.45. The van der Waals surface area contributed by atoms with Crippen molar-refractivity contribution < 1.29 is 14.3 Å². The number of nitrogens with zero attached hydrogens (tertiary/aromatic N) is 3. The van der Waals surface area contributed by atoms with E-state index in [0.717, 1.165) is 11.3 Å². The monoisotopic (exact) mass is 300 g/mol. The molecule has 2 unspecified atom stereocenters. The second kappa shape index (κ2) is 5.22. The van der Waals surface area contributed by atoms with Gasteiger partial charge in [-0.05, 0) is 13.0 Å². The zero-order valence-corrected chi connectivity index (χ0v) is 12.4. The second-order valence-corrected chi connectivity index (χ2v) is 5.41. The summed E-state index contributed by atoms with van der Waals surface area (Å²) in [4.78, 5) is 17.9. The maximum atomic E-state index is 11.7. The molecule has 7 nitrogen and oxygen atoms in total. The van der Waals surface area contributed by atoms with Crippen molar-refractivity contribution in [2.45, 2.75) is 25.1 Å². The molecular formula is C15H16N4O3. The maximum absolute atomic E-state index is 11.7. The molecule has 2 bridgehead atoms. The molecule has 0 saturated carbocycles. The van der Waals surface area contributed by atoms with Crippen LogP contribution >= 0.6 is 0 Å². The Morgan fingerprint density at radius 2 is 2.41 bits per heavy atom. The van der Waals surface area contributed by atoms with Crippen LogP contribution in [-0.4, -0.2) is 36.2 Å². The van der Waals surface area contributed by atoms with E-state index in [-0.39, 0.29) is 18.6 Å².